The molecule has 2 heterocycles. The number of ketones is 2. The Hall–Kier alpha value is -2.17. The average molecular weight is 218 g/mol. The number of aromatic nitrogens is 2. The molecule has 0 aliphatic rings. The Kier molecular flexibility index (Phi) is 2.68. The van der Waals surface area contributed by atoms with E-state index in [1.54, 1.807) is 19.3 Å². The Labute approximate surface area is 91.7 Å². The molecule has 0 amide bonds. The summed E-state index contributed by atoms with van der Waals surface area (Å²) < 4.78 is 6.30. The minimum Gasteiger partial charge on any atom is -0.472 e. The van der Waals surface area contributed by atoms with Gasteiger partial charge in [-0.25, -0.2) is 0 Å². The molecule has 5 nitrogen and oxygen atoms in total. The van der Waals surface area contributed by atoms with Crippen molar-refractivity contribution in [3.05, 3.63) is 42.1 Å². The second-order valence-corrected chi connectivity index (χ2v) is 3.41. The van der Waals surface area contributed by atoms with Crippen LogP contribution in [0.15, 0.2) is 35.3 Å². The van der Waals surface area contributed by atoms with Gasteiger partial charge in [-0.05, 0) is 12.1 Å². The van der Waals surface area contributed by atoms with Crippen molar-refractivity contribution >= 4 is 11.6 Å². The Morgan fingerprint density at radius 1 is 1.38 bits per heavy atom. The van der Waals surface area contributed by atoms with Crippen LogP contribution in [-0.4, -0.2) is 21.3 Å². The lowest BCUT2D eigenvalue weighted by Gasteiger charge is -1.94. The van der Waals surface area contributed by atoms with Crippen LogP contribution < -0.4 is 0 Å². The third-order valence-corrected chi connectivity index (χ3v) is 2.16. The zero-order valence-corrected chi connectivity index (χ0v) is 8.71. The summed E-state index contributed by atoms with van der Waals surface area (Å²) >= 11 is 0. The maximum absolute atomic E-state index is 11.6. The van der Waals surface area contributed by atoms with Gasteiger partial charge in [-0.3, -0.25) is 14.3 Å². The van der Waals surface area contributed by atoms with Crippen molar-refractivity contribution in [2.75, 3.05) is 0 Å². The largest absolute Gasteiger partial charge is 0.472 e. The zero-order valence-electron chi connectivity index (χ0n) is 8.71. The van der Waals surface area contributed by atoms with Gasteiger partial charge in [-0.2, -0.15) is 5.10 Å². The molecule has 0 bridgehead atoms. The van der Waals surface area contributed by atoms with Crippen molar-refractivity contribution in [3.63, 3.8) is 0 Å². The van der Waals surface area contributed by atoms with Crippen molar-refractivity contribution in [1.29, 1.82) is 0 Å². The van der Waals surface area contributed by atoms with E-state index in [2.05, 4.69) is 5.10 Å². The molecule has 0 N–H and O–H groups in total. The van der Waals surface area contributed by atoms with Crippen LogP contribution in [-0.2, 0) is 7.05 Å². The second-order valence-electron chi connectivity index (χ2n) is 3.41. The number of hydrogen-bond acceptors (Lipinski definition) is 4. The number of furan rings is 1. The van der Waals surface area contributed by atoms with Gasteiger partial charge in [0.1, 0.15) is 12.0 Å². The first kappa shape index (κ1) is 10.4. The standard InChI is InChI=1S/C11H10N2O3/c1-13-4-2-9(12-13)11(15)6-10(14)8-3-5-16-7-8/h2-5,7H,6H2,1H3. The lowest BCUT2D eigenvalue weighted by atomic mass is 10.1. The van der Waals surface area contributed by atoms with Gasteiger partial charge in [0.05, 0.1) is 18.2 Å². The van der Waals surface area contributed by atoms with E-state index >= 15 is 0 Å². The number of aryl methyl sites for hydroxylation is 1. The van der Waals surface area contributed by atoms with Crippen LogP contribution in [0, 0.1) is 0 Å². The van der Waals surface area contributed by atoms with E-state index in [4.69, 9.17) is 4.42 Å². The molecule has 5 heteroatoms. The highest BCUT2D eigenvalue weighted by Crippen LogP contribution is 2.07. The van der Waals surface area contributed by atoms with Gasteiger partial charge in [-0.1, -0.05) is 0 Å². The third kappa shape index (κ3) is 2.08. The van der Waals surface area contributed by atoms with Crippen LogP contribution in [0.1, 0.15) is 27.3 Å². The monoisotopic (exact) mass is 218 g/mol. The first-order valence-corrected chi connectivity index (χ1v) is 4.75. The summed E-state index contributed by atoms with van der Waals surface area (Å²) in [6, 6.07) is 3.12. The summed E-state index contributed by atoms with van der Waals surface area (Å²) in [6.07, 6.45) is 4.21. The fourth-order valence-corrected chi connectivity index (χ4v) is 1.33. The van der Waals surface area contributed by atoms with Crippen molar-refractivity contribution in [2.45, 2.75) is 6.42 Å². The first-order valence-electron chi connectivity index (χ1n) is 4.75. The number of carbonyl (C=O) groups is 2. The van der Waals surface area contributed by atoms with E-state index in [1.165, 1.54) is 23.3 Å². The highest BCUT2D eigenvalue weighted by atomic mass is 16.3. The van der Waals surface area contributed by atoms with Gasteiger partial charge < -0.3 is 4.42 Å². The SMILES string of the molecule is Cn1ccc(C(=O)CC(=O)c2ccoc2)n1. The zero-order chi connectivity index (χ0) is 11.5. The highest BCUT2D eigenvalue weighted by Gasteiger charge is 2.16. The summed E-state index contributed by atoms with van der Waals surface area (Å²) in [7, 11) is 1.72. The van der Waals surface area contributed by atoms with Gasteiger partial charge in [0, 0.05) is 13.2 Å². The van der Waals surface area contributed by atoms with E-state index in [9.17, 15) is 9.59 Å². The molecule has 0 unspecified atom stereocenters. The van der Waals surface area contributed by atoms with Crippen LogP contribution in [0.5, 0.6) is 0 Å². The van der Waals surface area contributed by atoms with E-state index in [1.807, 2.05) is 0 Å². The van der Waals surface area contributed by atoms with Crippen molar-refractivity contribution in [2.24, 2.45) is 7.05 Å². The maximum Gasteiger partial charge on any atom is 0.190 e. The number of Topliss-reactive ketones (excluding diaryl/α,β-unsaturated/α-hetero) is 2. The predicted molar refractivity (Wildman–Crippen MR) is 55.2 cm³/mol. The van der Waals surface area contributed by atoms with Gasteiger partial charge in [-0.15, -0.1) is 0 Å². The summed E-state index contributed by atoms with van der Waals surface area (Å²) in [5, 5.41) is 3.94. The third-order valence-electron chi connectivity index (χ3n) is 2.16. The molecule has 0 saturated heterocycles. The van der Waals surface area contributed by atoms with Crippen LogP contribution >= 0.6 is 0 Å². The molecule has 0 saturated carbocycles. The number of hydrogen-bond donors (Lipinski definition) is 0. The van der Waals surface area contributed by atoms with Crippen LogP contribution in [0.3, 0.4) is 0 Å². The number of nitrogens with zero attached hydrogens (tertiary/aromatic N) is 2. The highest BCUT2D eigenvalue weighted by molar-refractivity contribution is 6.12. The molecular weight excluding hydrogens is 208 g/mol. The van der Waals surface area contributed by atoms with Crippen molar-refractivity contribution < 1.29 is 14.0 Å². The van der Waals surface area contributed by atoms with Crippen LogP contribution in [0.4, 0.5) is 0 Å². The Bertz CT molecular complexity index is 511. The molecule has 2 aromatic heterocycles. The summed E-state index contributed by atoms with van der Waals surface area (Å²) in [4.78, 5) is 23.2. The molecule has 16 heavy (non-hydrogen) atoms. The molecule has 0 spiro atoms. The summed E-state index contributed by atoms with van der Waals surface area (Å²) in [5.41, 5.74) is 0.712. The molecule has 0 fully saturated rings. The average Bonchev–Trinajstić information content (AvgIpc) is 2.87. The van der Waals surface area contributed by atoms with E-state index in [0.29, 0.717) is 11.3 Å². The fourth-order valence-electron chi connectivity index (χ4n) is 1.33. The topological polar surface area (TPSA) is 65.1 Å². The van der Waals surface area contributed by atoms with E-state index in [-0.39, 0.29) is 18.0 Å². The lowest BCUT2D eigenvalue weighted by molar-refractivity contribution is 0.0891. The molecule has 0 aromatic carbocycles. The normalized spacial score (nSPS) is 10.3. The smallest absolute Gasteiger partial charge is 0.190 e. The van der Waals surface area contributed by atoms with Crippen molar-refractivity contribution in [3.8, 4) is 0 Å². The Morgan fingerprint density at radius 3 is 2.75 bits per heavy atom. The van der Waals surface area contributed by atoms with Gasteiger partial charge in [0.25, 0.3) is 0 Å². The number of rotatable bonds is 4. The van der Waals surface area contributed by atoms with Gasteiger partial charge in [0.15, 0.2) is 11.6 Å². The minimum absolute atomic E-state index is 0.184. The summed E-state index contributed by atoms with van der Waals surface area (Å²) in [6.45, 7) is 0. The van der Waals surface area contributed by atoms with Crippen LogP contribution in [0.25, 0.3) is 0 Å². The molecule has 0 atom stereocenters. The van der Waals surface area contributed by atoms with Gasteiger partial charge in [0.2, 0.25) is 0 Å². The first-order chi connectivity index (χ1) is 7.66. The quantitative estimate of drug-likeness (QED) is 0.575. The minimum atomic E-state index is -0.285. The van der Waals surface area contributed by atoms with Crippen LogP contribution in [0.2, 0.25) is 0 Å². The molecule has 2 rings (SSSR count). The molecule has 0 radical (unpaired) electrons. The maximum atomic E-state index is 11.6. The summed E-state index contributed by atoms with van der Waals surface area (Å²) in [5.74, 6) is -0.545. The Balaban J connectivity index is 2.06. The van der Waals surface area contributed by atoms with E-state index < -0.39 is 0 Å². The number of carbonyl (C=O) groups excluding carboxylic acids is 2. The second kappa shape index (κ2) is 4.14. The molecule has 2 aromatic rings. The molecule has 82 valence electrons. The van der Waals surface area contributed by atoms with Gasteiger partial charge >= 0.3 is 0 Å². The van der Waals surface area contributed by atoms with Crippen molar-refractivity contribution in [1.82, 2.24) is 9.78 Å². The molecule has 0 aliphatic heterocycles. The molecular formula is C11H10N2O3. The predicted octanol–water partition coefficient (Wildman–Crippen LogP) is 1.47. The molecule has 0 aliphatic carbocycles. The fraction of sp³-hybridized carbons (Fsp3) is 0.182. The lowest BCUT2D eigenvalue weighted by Crippen LogP contribution is -2.09. The van der Waals surface area contributed by atoms with E-state index in [0.717, 1.165) is 0 Å². The Morgan fingerprint density at radius 2 is 2.19 bits per heavy atom.